The quantitative estimate of drug-likeness (QED) is 0.859. The second-order valence-corrected chi connectivity index (χ2v) is 6.86. The molecule has 1 saturated heterocycles. The fraction of sp³-hybridized carbons (Fsp3) is 0.750. The molecule has 2 nitrogen and oxygen atoms in total. The van der Waals surface area contributed by atoms with Gasteiger partial charge in [0.2, 0.25) is 0 Å². The molecule has 1 aromatic heterocycles. The Morgan fingerprint density at radius 2 is 2.32 bits per heavy atom. The summed E-state index contributed by atoms with van der Waals surface area (Å²) in [6.45, 7) is 10.6. The summed E-state index contributed by atoms with van der Waals surface area (Å²) in [5, 5.41) is 8.21. The predicted octanol–water partition coefficient (Wildman–Crippen LogP) is 3.39. The van der Waals surface area contributed by atoms with Crippen LogP contribution in [0.3, 0.4) is 0 Å². The van der Waals surface area contributed by atoms with Crippen LogP contribution in [-0.2, 0) is 6.42 Å². The summed E-state index contributed by atoms with van der Waals surface area (Å²) in [5.41, 5.74) is 1.50. The zero-order chi connectivity index (χ0) is 13.7. The summed E-state index contributed by atoms with van der Waals surface area (Å²) in [6, 6.07) is 3.66. The van der Waals surface area contributed by atoms with Gasteiger partial charge in [0.25, 0.3) is 0 Å². The lowest BCUT2D eigenvalue weighted by molar-refractivity contribution is 0.0969. The second kappa shape index (κ2) is 7.41. The lowest BCUT2D eigenvalue weighted by Crippen LogP contribution is -2.58. The van der Waals surface area contributed by atoms with E-state index in [2.05, 4.69) is 47.8 Å². The number of hydrogen-bond acceptors (Lipinski definition) is 3. The van der Waals surface area contributed by atoms with E-state index < -0.39 is 0 Å². The third kappa shape index (κ3) is 4.30. The molecule has 0 radical (unpaired) electrons. The van der Waals surface area contributed by atoms with E-state index in [1.807, 2.05) is 11.3 Å². The van der Waals surface area contributed by atoms with Gasteiger partial charge in [-0.05, 0) is 41.1 Å². The third-order valence-electron chi connectivity index (χ3n) is 4.21. The summed E-state index contributed by atoms with van der Waals surface area (Å²) in [4.78, 5) is 2.72. The van der Waals surface area contributed by atoms with Gasteiger partial charge in [0, 0.05) is 31.7 Å². The lowest BCUT2D eigenvalue weighted by atomic mass is 9.96. The van der Waals surface area contributed by atoms with Gasteiger partial charge >= 0.3 is 0 Å². The number of piperazine rings is 1. The Labute approximate surface area is 122 Å². The van der Waals surface area contributed by atoms with Gasteiger partial charge in [0.05, 0.1) is 0 Å². The minimum Gasteiger partial charge on any atom is -0.311 e. The molecule has 0 aliphatic carbocycles. The van der Waals surface area contributed by atoms with E-state index in [1.54, 1.807) is 0 Å². The van der Waals surface area contributed by atoms with Crippen molar-refractivity contribution in [1.29, 1.82) is 0 Å². The number of rotatable bonds is 6. The Morgan fingerprint density at radius 1 is 1.47 bits per heavy atom. The van der Waals surface area contributed by atoms with Crippen molar-refractivity contribution in [2.24, 2.45) is 5.92 Å². The fourth-order valence-electron chi connectivity index (χ4n) is 3.06. The zero-order valence-corrected chi connectivity index (χ0v) is 13.4. The molecule has 1 aliphatic rings. The first kappa shape index (κ1) is 15.0. The molecular weight excluding hydrogens is 252 g/mol. The fourth-order valence-corrected chi connectivity index (χ4v) is 3.77. The normalized spacial score (nSPS) is 25.1. The van der Waals surface area contributed by atoms with Gasteiger partial charge in [-0.25, -0.2) is 0 Å². The number of hydrogen-bond donors (Lipinski definition) is 1. The highest BCUT2D eigenvalue weighted by Crippen LogP contribution is 2.18. The van der Waals surface area contributed by atoms with Gasteiger partial charge in [-0.2, -0.15) is 11.3 Å². The van der Waals surface area contributed by atoms with Crippen LogP contribution in [0.2, 0.25) is 0 Å². The zero-order valence-electron chi connectivity index (χ0n) is 12.6. The molecule has 0 spiro atoms. The average molecular weight is 280 g/mol. The predicted molar refractivity (Wildman–Crippen MR) is 84.9 cm³/mol. The number of nitrogens with zero attached hydrogens (tertiary/aromatic N) is 1. The van der Waals surface area contributed by atoms with Crippen LogP contribution in [0.1, 0.15) is 39.2 Å². The Balaban J connectivity index is 1.91. The van der Waals surface area contributed by atoms with Crippen LogP contribution in [0.15, 0.2) is 16.8 Å². The smallest absolute Gasteiger partial charge is 0.0244 e. The molecule has 19 heavy (non-hydrogen) atoms. The molecule has 0 saturated carbocycles. The third-order valence-corrected chi connectivity index (χ3v) is 4.95. The molecule has 1 fully saturated rings. The minimum absolute atomic E-state index is 0.697. The first-order chi connectivity index (χ1) is 9.20. The van der Waals surface area contributed by atoms with Crippen LogP contribution in [0.25, 0.3) is 0 Å². The Morgan fingerprint density at radius 3 is 2.95 bits per heavy atom. The molecule has 1 aliphatic heterocycles. The Kier molecular flexibility index (Phi) is 5.86. The molecule has 2 heterocycles. The largest absolute Gasteiger partial charge is 0.311 e. The summed E-state index contributed by atoms with van der Waals surface area (Å²) < 4.78 is 0. The summed E-state index contributed by atoms with van der Waals surface area (Å²) in [6.07, 6.45) is 3.79. The maximum atomic E-state index is 3.73. The molecular formula is C16H28N2S. The van der Waals surface area contributed by atoms with Gasteiger partial charge in [-0.1, -0.05) is 27.2 Å². The van der Waals surface area contributed by atoms with Crippen molar-refractivity contribution >= 4 is 11.3 Å². The monoisotopic (exact) mass is 280 g/mol. The maximum Gasteiger partial charge on any atom is 0.0244 e. The minimum atomic E-state index is 0.697. The number of nitrogens with one attached hydrogen (secondary N) is 1. The van der Waals surface area contributed by atoms with Crippen molar-refractivity contribution in [2.45, 2.75) is 52.1 Å². The van der Waals surface area contributed by atoms with E-state index in [1.165, 1.54) is 37.9 Å². The first-order valence-electron chi connectivity index (χ1n) is 7.69. The van der Waals surface area contributed by atoms with Crippen LogP contribution in [0.4, 0.5) is 0 Å². The molecule has 0 aromatic carbocycles. The summed E-state index contributed by atoms with van der Waals surface area (Å²) in [7, 11) is 0. The van der Waals surface area contributed by atoms with E-state index in [0.29, 0.717) is 12.1 Å². The van der Waals surface area contributed by atoms with E-state index in [-0.39, 0.29) is 0 Å². The molecule has 2 atom stereocenters. The molecule has 2 unspecified atom stereocenters. The average Bonchev–Trinajstić information content (AvgIpc) is 2.89. The SMILES string of the molecule is CCCC1CN(CCc2ccsc2)C(C(C)C)CN1. The number of thiophene rings is 1. The highest BCUT2D eigenvalue weighted by molar-refractivity contribution is 7.07. The van der Waals surface area contributed by atoms with Crippen molar-refractivity contribution in [3.05, 3.63) is 22.4 Å². The molecule has 1 aromatic rings. The van der Waals surface area contributed by atoms with E-state index in [9.17, 15) is 0 Å². The highest BCUT2D eigenvalue weighted by Gasteiger charge is 2.28. The van der Waals surface area contributed by atoms with Gasteiger partial charge in [0.1, 0.15) is 0 Å². The van der Waals surface area contributed by atoms with E-state index in [0.717, 1.165) is 12.5 Å². The van der Waals surface area contributed by atoms with Gasteiger partial charge in [-0.3, -0.25) is 4.90 Å². The Bertz CT molecular complexity index is 348. The second-order valence-electron chi connectivity index (χ2n) is 6.08. The maximum absolute atomic E-state index is 3.73. The van der Waals surface area contributed by atoms with Crippen LogP contribution in [0, 0.1) is 5.92 Å². The van der Waals surface area contributed by atoms with Crippen molar-refractivity contribution in [3.8, 4) is 0 Å². The van der Waals surface area contributed by atoms with Crippen LogP contribution < -0.4 is 5.32 Å². The van der Waals surface area contributed by atoms with Gasteiger partial charge < -0.3 is 5.32 Å². The topological polar surface area (TPSA) is 15.3 Å². The Hall–Kier alpha value is -0.380. The first-order valence-corrected chi connectivity index (χ1v) is 8.63. The summed E-state index contributed by atoms with van der Waals surface area (Å²) >= 11 is 1.81. The lowest BCUT2D eigenvalue weighted by Gasteiger charge is -2.42. The van der Waals surface area contributed by atoms with Gasteiger partial charge in [0.15, 0.2) is 0 Å². The van der Waals surface area contributed by atoms with Crippen molar-refractivity contribution < 1.29 is 0 Å². The highest BCUT2D eigenvalue weighted by atomic mass is 32.1. The van der Waals surface area contributed by atoms with Crippen LogP contribution in [0.5, 0.6) is 0 Å². The van der Waals surface area contributed by atoms with Crippen molar-refractivity contribution in [1.82, 2.24) is 10.2 Å². The van der Waals surface area contributed by atoms with Crippen molar-refractivity contribution in [3.63, 3.8) is 0 Å². The molecule has 1 N–H and O–H groups in total. The molecule has 0 amide bonds. The molecule has 2 rings (SSSR count). The van der Waals surface area contributed by atoms with Crippen LogP contribution in [-0.4, -0.2) is 36.6 Å². The standard InChI is InChI=1S/C16H28N2S/c1-4-5-15-11-18(16(10-17-15)13(2)3)8-6-14-7-9-19-12-14/h7,9,12-13,15-17H,4-6,8,10-11H2,1-3H3. The molecule has 108 valence electrons. The van der Waals surface area contributed by atoms with E-state index >= 15 is 0 Å². The van der Waals surface area contributed by atoms with Crippen LogP contribution >= 0.6 is 11.3 Å². The molecule has 0 bridgehead atoms. The summed E-state index contributed by atoms with van der Waals surface area (Å²) in [5.74, 6) is 0.734. The van der Waals surface area contributed by atoms with Gasteiger partial charge in [-0.15, -0.1) is 0 Å². The van der Waals surface area contributed by atoms with E-state index in [4.69, 9.17) is 0 Å². The van der Waals surface area contributed by atoms with Crippen molar-refractivity contribution in [2.75, 3.05) is 19.6 Å². The molecule has 3 heteroatoms.